The van der Waals surface area contributed by atoms with Crippen LogP contribution in [-0.2, 0) is 10.0 Å². The van der Waals surface area contributed by atoms with E-state index in [-0.39, 0.29) is 17.6 Å². The van der Waals surface area contributed by atoms with Crippen molar-refractivity contribution in [1.82, 2.24) is 4.31 Å². The first kappa shape index (κ1) is 14.5. The van der Waals surface area contributed by atoms with Gasteiger partial charge in [0.15, 0.2) is 0 Å². The molecule has 0 radical (unpaired) electrons. The van der Waals surface area contributed by atoms with Crippen molar-refractivity contribution in [2.24, 2.45) is 0 Å². The van der Waals surface area contributed by atoms with E-state index in [9.17, 15) is 17.2 Å². The molecule has 0 bridgehead atoms. The summed E-state index contributed by atoms with van der Waals surface area (Å²) in [6.07, 6.45) is 0. The van der Waals surface area contributed by atoms with E-state index in [1.807, 2.05) is 0 Å². The molecule has 0 saturated heterocycles. The van der Waals surface area contributed by atoms with Gasteiger partial charge in [-0.25, -0.2) is 17.2 Å². The zero-order chi connectivity index (χ0) is 13.2. The summed E-state index contributed by atoms with van der Waals surface area (Å²) in [5.74, 6) is -2.05. The van der Waals surface area contributed by atoms with Gasteiger partial charge in [0.05, 0.1) is 11.1 Å². The Morgan fingerprint density at radius 2 is 1.94 bits per heavy atom. The molecule has 0 unspecified atom stereocenters. The molecule has 1 aromatic rings. The number of aliphatic hydroxyl groups is 1. The van der Waals surface area contributed by atoms with Gasteiger partial charge in [-0.15, -0.1) is 0 Å². The molecule has 1 aromatic carbocycles. The molecule has 1 rings (SSSR count). The van der Waals surface area contributed by atoms with Crippen LogP contribution in [0, 0.1) is 11.6 Å². The van der Waals surface area contributed by atoms with Crippen molar-refractivity contribution in [1.29, 1.82) is 0 Å². The van der Waals surface area contributed by atoms with Gasteiger partial charge in [0, 0.05) is 19.7 Å². The van der Waals surface area contributed by atoms with Gasteiger partial charge in [0.25, 0.3) is 0 Å². The van der Waals surface area contributed by atoms with Gasteiger partial charge in [0.2, 0.25) is 10.0 Å². The molecule has 8 heteroatoms. The van der Waals surface area contributed by atoms with Crippen molar-refractivity contribution in [2.75, 3.05) is 20.2 Å². The predicted octanol–water partition coefficient (Wildman–Crippen LogP) is 1.34. The summed E-state index contributed by atoms with van der Waals surface area (Å²) in [6.45, 7) is -0.559. The summed E-state index contributed by atoms with van der Waals surface area (Å²) in [5, 5.41) is 8.65. The fraction of sp³-hybridized carbons (Fsp3) is 0.333. The van der Waals surface area contributed by atoms with E-state index in [2.05, 4.69) is 15.9 Å². The quantitative estimate of drug-likeness (QED) is 0.848. The molecule has 0 aliphatic carbocycles. The van der Waals surface area contributed by atoms with Crippen LogP contribution in [0.25, 0.3) is 0 Å². The van der Waals surface area contributed by atoms with Crippen LogP contribution in [-0.4, -0.2) is 38.0 Å². The fourth-order valence-electron chi connectivity index (χ4n) is 1.13. The summed E-state index contributed by atoms with van der Waals surface area (Å²) < 4.78 is 50.7. The highest BCUT2D eigenvalue weighted by Crippen LogP contribution is 2.25. The largest absolute Gasteiger partial charge is 0.395 e. The molecule has 4 nitrogen and oxygen atoms in total. The van der Waals surface area contributed by atoms with E-state index < -0.39 is 26.6 Å². The number of halogens is 3. The van der Waals surface area contributed by atoms with Crippen LogP contribution in [0.1, 0.15) is 0 Å². The Morgan fingerprint density at radius 3 is 2.47 bits per heavy atom. The average Bonchev–Trinajstić information content (AvgIpc) is 2.23. The number of hydrogen-bond acceptors (Lipinski definition) is 3. The minimum absolute atomic E-state index is 0.144. The molecular weight excluding hydrogens is 320 g/mol. The number of aliphatic hydroxyl groups excluding tert-OH is 1. The lowest BCUT2D eigenvalue weighted by Gasteiger charge is -2.16. The lowest BCUT2D eigenvalue weighted by molar-refractivity contribution is 0.266. The Kier molecular flexibility index (Phi) is 4.59. The summed E-state index contributed by atoms with van der Waals surface area (Å²) in [5.41, 5.74) is 0. The van der Waals surface area contributed by atoms with Crippen LogP contribution >= 0.6 is 15.9 Å². The highest BCUT2D eigenvalue weighted by atomic mass is 79.9. The second-order valence-electron chi connectivity index (χ2n) is 3.25. The Balaban J connectivity index is 3.29. The van der Waals surface area contributed by atoms with Crippen molar-refractivity contribution in [2.45, 2.75) is 4.90 Å². The van der Waals surface area contributed by atoms with Crippen LogP contribution in [0.15, 0.2) is 21.5 Å². The first-order chi connectivity index (χ1) is 7.80. The standard InChI is InChI=1S/C9H10BrF2NO3S/c1-13(2-3-14)17(15,16)9-4-6(10)7(11)5-8(9)12/h4-5,14H,2-3H2,1H3. The van der Waals surface area contributed by atoms with E-state index in [1.165, 1.54) is 7.05 Å². The van der Waals surface area contributed by atoms with Crippen LogP contribution in [0.2, 0.25) is 0 Å². The van der Waals surface area contributed by atoms with Crippen LogP contribution in [0.4, 0.5) is 8.78 Å². The molecule has 0 amide bonds. The summed E-state index contributed by atoms with van der Waals surface area (Å²) >= 11 is 2.79. The Bertz CT molecular complexity index is 521. The SMILES string of the molecule is CN(CCO)S(=O)(=O)c1cc(Br)c(F)cc1F. The van der Waals surface area contributed by atoms with Crippen molar-refractivity contribution < 1.29 is 22.3 Å². The topological polar surface area (TPSA) is 57.6 Å². The fourth-order valence-corrected chi connectivity index (χ4v) is 2.86. The molecular formula is C9H10BrF2NO3S. The van der Waals surface area contributed by atoms with Crippen LogP contribution in [0.3, 0.4) is 0 Å². The maximum Gasteiger partial charge on any atom is 0.245 e. The zero-order valence-corrected chi connectivity index (χ0v) is 11.2. The summed E-state index contributed by atoms with van der Waals surface area (Å²) in [4.78, 5) is -0.637. The van der Waals surface area contributed by atoms with Gasteiger partial charge in [-0.1, -0.05) is 0 Å². The van der Waals surface area contributed by atoms with Crippen molar-refractivity contribution in [3.8, 4) is 0 Å². The second-order valence-corrected chi connectivity index (χ2v) is 6.11. The number of benzene rings is 1. The molecule has 0 atom stereocenters. The normalized spacial score (nSPS) is 12.1. The minimum Gasteiger partial charge on any atom is -0.395 e. The molecule has 0 aromatic heterocycles. The van der Waals surface area contributed by atoms with Crippen molar-refractivity contribution in [3.05, 3.63) is 28.2 Å². The number of rotatable bonds is 4. The van der Waals surface area contributed by atoms with Crippen LogP contribution < -0.4 is 0 Å². The van der Waals surface area contributed by atoms with Gasteiger partial charge >= 0.3 is 0 Å². The molecule has 0 heterocycles. The smallest absolute Gasteiger partial charge is 0.245 e. The molecule has 0 fully saturated rings. The molecule has 0 spiro atoms. The maximum absolute atomic E-state index is 13.4. The van der Waals surface area contributed by atoms with Crippen molar-refractivity contribution >= 4 is 26.0 Å². The average molecular weight is 330 g/mol. The van der Waals surface area contributed by atoms with E-state index >= 15 is 0 Å². The first-order valence-corrected chi connectivity index (χ1v) is 6.75. The number of hydrogen-bond donors (Lipinski definition) is 1. The number of nitrogens with zero attached hydrogens (tertiary/aromatic N) is 1. The second kappa shape index (κ2) is 5.38. The Morgan fingerprint density at radius 1 is 1.35 bits per heavy atom. The molecule has 1 N–H and O–H groups in total. The van der Waals surface area contributed by atoms with Crippen molar-refractivity contribution in [3.63, 3.8) is 0 Å². The highest BCUT2D eigenvalue weighted by Gasteiger charge is 2.25. The minimum atomic E-state index is -4.07. The van der Waals surface area contributed by atoms with E-state index in [4.69, 9.17) is 5.11 Å². The molecule has 0 aliphatic rings. The van der Waals surface area contributed by atoms with E-state index in [0.29, 0.717) is 6.07 Å². The Labute approximate surface area is 106 Å². The van der Waals surface area contributed by atoms with Gasteiger partial charge in [-0.2, -0.15) is 4.31 Å². The van der Waals surface area contributed by atoms with Gasteiger partial charge in [-0.05, 0) is 22.0 Å². The molecule has 0 aliphatic heterocycles. The first-order valence-electron chi connectivity index (χ1n) is 4.52. The number of likely N-dealkylation sites (N-methyl/N-ethyl adjacent to an activating group) is 1. The third-order valence-electron chi connectivity index (χ3n) is 2.08. The third kappa shape index (κ3) is 3.01. The Hall–Kier alpha value is -0.570. The number of sulfonamides is 1. The van der Waals surface area contributed by atoms with Gasteiger partial charge in [-0.3, -0.25) is 0 Å². The summed E-state index contributed by atoms with van der Waals surface area (Å²) in [7, 11) is -2.87. The van der Waals surface area contributed by atoms with Crippen LogP contribution in [0.5, 0.6) is 0 Å². The molecule has 17 heavy (non-hydrogen) atoms. The van der Waals surface area contributed by atoms with E-state index in [0.717, 1.165) is 10.4 Å². The van der Waals surface area contributed by atoms with Gasteiger partial charge < -0.3 is 5.11 Å². The van der Waals surface area contributed by atoms with E-state index in [1.54, 1.807) is 0 Å². The van der Waals surface area contributed by atoms with Gasteiger partial charge in [0.1, 0.15) is 16.5 Å². The molecule has 0 saturated carbocycles. The molecule has 96 valence electrons. The monoisotopic (exact) mass is 329 g/mol. The zero-order valence-electron chi connectivity index (χ0n) is 8.82. The summed E-state index contributed by atoms with van der Waals surface area (Å²) in [6, 6.07) is 1.34. The predicted molar refractivity (Wildman–Crippen MR) is 61.0 cm³/mol. The maximum atomic E-state index is 13.4. The third-order valence-corrected chi connectivity index (χ3v) is 4.56. The highest BCUT2D eigenvalue weighted by molar-refractivity contribution is 9.10. The lowest BCUT2D eigenvalue weighted by atomic mass is 10.3. The lowest BCUT2D eigenvalue weighted by Crippen LogP contribution is -2.30.